The fourth-order valence-corrected chi connectivity index (χ4v) is 5.19. The molecule has 12 nitrogen and oxygen atoms in total. The minimum Gasteiger partial charge on any atom is -0.382 e. The molecule has 1 aliphatic carbocycles. The van der Waals surface area contributed by atoms with Gasteiger partial charge >= 0.3 is 0 Å². The topological polar surface area (TPSA) is 193 Å². The lowest BCUT2D eigenvalue weighted by Crippen LogP contribution is -2.38. The Morgan fingerprint density at radius 3 is 2.67 bits per heavy atom. The molecule has 12 heteroatoms. The summed E-state index contributed by atoms with van der Waals surface area (Å²) < 4.78 is 0. The van der Waals surface area contributed by atoms with Crippen LogP contribution in [0.2, 0.25) is 0 Å². The Morgan fingerprint density at radius 1 is 1.10 bits per heavy atom. The number of aromatic nitrogens is 6. The van der Waals surface area contributed by atoms with Gasteiger partial charge in [0.15, 0.2) is 5.82 Å². The van der Waals surface area contributed by atoms with Crippen LogP contribution >= 0.6 is 0 Å². The predicted molar refractivity (Wildman–Crippen MR) is 152 cm³/mol. The quantitative estimate of drug-likeness (QED) is 0.175. The monoisotopic (exact) mass is 544 g/mol. The van der Waals surface area contributed by atoms with E-state index in [2.05, 4.69) is 40.8 Å². The van der Waals surface area contributed by atoms with Gasteiger partial charge in [-0.3, -0.25) is 24.7 Å². The molecule has 1 aliphatic rings. The summed E-state index contributed by atoms with van der Waals surface area (Å²) in [7, 11) is 0. The molecule has 1 fully saturated rings. The van der Waals surface area contributed by atoms with E-state index in [0.29, 0.717) is 42.8 Å². The zero-order valence-electron chi connectivity index (χ0n) is 22.6. The summed E-state index contributed by atoms with van der Waals surface area (Å²) in [6, 6.07) is 5.41. The molecule has 1 atom stereocenters. The number of carbonyl (C=O) groups is 2. The molecule has 1 saturated carbocycles. The average Bonchev–Trinajstić information content (AvgIpc) is 3.61. The van der Waals surface area contributed by atoms with Gasteiger partial charge in [-0.2, -0.15) is 5.10 Å². The molecule has 4 aromatic rings. The van der Waals surface area contributed by atoms with Gasteiger partial charge in [0.1, 0.15) is 5.82 Å². The van der Waals surface area contributed by atoms with Gasteiger partial charge in [-0.05, 0) is 63.6 Å². The highest BCUT2D eigenvalue weighted by Crippen LogP contribution is 2.30. The zero-order valence-corrected chi connectivity index (χ0v) is 22.6. The summed E-state index contributed by atoms with van der Waals surface area (Å²) >= 11 is 0. The number of amides is 2. The van der Waals surface area contributed by atoms with E-state index >= 15 is 0 Å². The maximum atomic E-state index is 13.3. The van der Waals surface area contributed by atoms with Crippen molar-refractivity contribution in [2.24, 2.45) is 17.6 Å². The maximum Gasteiger partial charge on any atom is 0.226 e. The van der Waals surface area contributed by atoms with E-state index in [4.69, 9.17) is 11.5 Å². The number of aryl methyl sites for hydroxylation is 1. The molecule has 0 spiro atoms. The number of hydrogen-bond acceptors (Lipinski definition) is 8. The van der Waals surface area contributed by atoms with Crippen LogP contribution < -0.4 is 22.1 Å². The fourth-order valence-electron chi connectivity index (χ4n) is 5.19. The predicted octanol–water partition coefficient (Wildman–Crippen LogP) is 2.31. The summed E-state index contributed by atoms with van der Waals surface area (Å²) in [5.74, 6) is 1.37. The third kappa shape index (κ3) is 6.45. The number of nitrogens with one attached hydrogen (secondary N) is 4. The molecule has 3 heterocycles. The van der Waals surface area contributed by atoms with Gasteiger partial charge in [-0.1, -0.05) is 6.07 Å². The Morgan fingerprint density at radius 2 is 1.93 bits per heavy atom. The summed E-state index contributed by atoms with van der Waals surface area (Å²) in [5, 5.41) is 14.0. The first-order valence-electron chi connectivity index (χ1n) is 13.7. The number of benzene rings is 1. The van der Waals surface area contributed by atoms with E-state index in [0.717, 1.165) is 53.5 Å². The smallest absolute Gasteiger partial charge is 0.226 e. The number of hydrogen-bond donors (Lipinski definition) is 6. The minimum absolute atomic E-state index is 0.00836. The second kappa shape index (κ2) is 12.2. The normalized spacial score (nSPS) is 17.9. The highest BCUT2D eigenvalue weighted by Gasteiger charge is 2.28. The summed E-state index contributed by atoms with van der Waals surface area (Å²) in [5.41, 5.74) is 15.7. The number of aromatic amines is 2. The van der Waals surface area contributed by atoms with Gasteiger partial charge in [0.25, 0.3) is 0 Å². The minimum atomic E-state index is -0.403. The van der Waals surface area contributed by atoms with E-state index in [9.17, 15) is 9.59 Å². The van der Waals surface area contributed by atoms with Gasteiger partial charge in [-0.15, -0.1) is 0 Å². The van der Waals surface area contributed by atoms with Crippen molar-refractivity contribution in [3.63, 3.8) is 0 Å². The number of nitrogen functional groups attached to an aromatic ring is 1. The third-order valence-electron chi connectivity index (χ3n) is 7.63. The Balaban J connectivity index is 1.27. The van der Waals surface area contributed by atoms with Crippen molar-refractivity contribution < 1.29 is 9.59 Å². The number of nitrogens with zero attached hydrogens (tertiary/aromatic N) is 4. The van der Waals surface area contributed by atoms with Crippen LogP contribution in [0.15, 0.2) is 36.8 Å². The van der Waals surface area contributed by atoms with Crippen molar-refractivity contribution >= 4 is 28.5 Å². The second-order valence-electron chi connectivity index (χ2n) is 10.5. The van der Waals surface area contributed by atoms with Crippen molar-refractivity contribution in [2.45, 2.75) is 51.5 Å². The largest absolute Gasteiger partial charge is 0.382 e. The van der Waals surface area contributed by atoms with E-state index in [-0.39, 0.29) is 24.2 Å². The maximum absolute atomic E-state index is 13.3. The molecule has 3 aromatic heterocycles. The van der Waals surface area contributed by atoms with Crippen LogP contribution in [0.3, 0.4) is 0 Å². The van der Waals surface area contributed by atoms with Crippen LogP contribution in [0, 0.1) is 18.8 Å². The lowest BCUT2D eigenvalue weighted by molar-refractivity contribution is -0.127. The van der Waals surface area contributed by atoms with E-state index in [1.807, 2.05) is 25.1 Å². The number of anilines is 1. The van der Waals surface area contributed by atoms with Crippen molar-refractivity contribution in [2.75, 3.05) is 18.8 Å². The van der Waals surface area contributed by atoms with Gasteiger partial charge in [-0.25, -0.2) is 4.98 Å². The molecular weight excluding hydrogens is 508 g/mol. The molecule has 0 radical (unpaired) electrons. The number of imidazole rings is 1. The third-order valence-corrected chi connectivity index (χ3v) is 7.63. The first-order valence-corrected chi connectivity index (χ1v) is 13.7. The van der Waals surface area contributed by atoms with E-state index < -0.39 is 6.04 Å². The number of nitrogens with two attached hydrogens (primary N) is 2. The van der Waals surface area contributed by atoms with Crippen molar-refractivity contribution in [3.8, 4) is 11.3 Å². The number of fused-ring (bicyclic) bond motifs is 1. The van der Waals surface area contributed by atoms with Gasteiger partial charge in [0.2, 0.25) is 11.8 Å². The molecule has 0 aliphatic heterocycles. The van der Waals surface area contributed by atoms with Crippen LogP contribution in [0.4, 0.5) is 5.82 Å². The molecule has 2 amide bonds. The number of carbonyl (C=O) groups excluding carboxylic acids is 2. The summed E-state index contributed by atoms with van der Waals surface area (Å²) in [6.45, 7) is 2.87. The molecule has 1 aromatic carbocycles. The fraction of sp³-hybridized carbons (Fsp3) is 0.429. The summed E-state index contributed by atoms with van der Waals surface area (Å²) in [6.07, 6.45) is 9.18. The lowest BCUT2D eigenvalue weighted by atomic mass is 9.81. The molecule has 0 bridgehead atoms. The Kier molecular flexibility index (Phi) is 8.34. The molecule has 0 unspecified atom stereocenters. The van der Waals surface area contributed by atoms with E-state index in [1.165, 1.54) is 0 Å². The standard InChI is InChI=1S/C28H36N10O2/c1-16-13-33-20(14-32-16)11-25(39)31-9-8-22(36-28(40)18-4-2-17(12-29)3-5-18)27-34-15-24(35-27)19-6-7-21-23(10-19)37-38-26(21)30/h6-7,10,13-15,17-18,22H,2-5,8-9,11-12,29H2,1H3,(H,31,39)(H,34,35)(H,36,40)(H3,30,37,38)/t17?,18?,22-/m0/s1. The molecule has 210 valence electrons. The zero-order chi connectivity index (χ0) is 28.1. The Hall–Kier alpha value is -4.32. The summed E-state index contributed by atoms with van der Waals surface area (Å²) in [4.78, 5) is 42.2. The molecule has 40 heavy (non-hydrogen) atoms. The molecule has 0 saturated heterocycles. The highest BCUT2D eigenvalue weighted by molar-refractivity contribution is 5.91. The van der Waals surface area contributed by atoms with Crippen LogP contribution in [-0.4, -0.2) is 55.0 Å². The van der Waals surface area contributed by atoms with Gasteiger partial charge in [0, 0.05) is 35.8 Å². The van der Waals surface area contributed by atoms with E-state index in [1.54, 1.807) is 18.6 Å². The number of H-pyrrole nitrogens is 2. The molecule has 8 N–H and O–H groups in total. The van der Waals surface area contributed by atoms with Crippen LogP contribution in [0.25, 0.3) is 22.2 Å². The molecular formula is C28H36N10O2. The average molecular weight is 545 g/mol. The highest BCUT2D eigenvalue weighted by atomic mass is 16.2. The SMILES string of the molecule is Cc1cnc(CC(=O)NCC[C@H](NC(=O)C2CCC(CN)CC2)c2ncc(-c3ccc4c(N)n[nH]c4c3)[nH]2)cn1. The van der Waals surface area contributed by atoms with Crippen LogP contribution in [-0.2, 0) is 16.0 Å². The van der Waals surface area contributed by atoms with Crippen molar-refractivity contribution in [3.05, 3.63) is 54.0 Å². The Labute approximate surface area is 232 Å². The van der Waals surface area contributed by atoms with Crippen LogP contribution in [0.5, 0.6) is 0 Å². The molecule has 5 rings (SSSR count). The first-order chi connectivity index (χ1) is 19.4. The second-order valence-corrected chi connectivity index (χ2v) is 10.5. The van der Waals surface area contributed by atoms with Gasteiger partial charge in [0.05, 0.1) is 41.3 Å². The number of rotatable bonds is 10. The van der Waals surface area contributed by atoms with Crippen LogP contribution in [0.1, 0.15) is 55.4 Å². The Bertz CT molecular complexity index is 1450. The van der Waals surface area contributed by atoms with Gasteiger partial charge < -0.3 is 27.1 Å². The lowest BCUT2D eigenvalue weighted by Gasteiger charge is -2.28. The van der Waals surface area contributed by atoms with Crippen molar-refractivity contribution in [1.29, 1.82) is 0 Å². The first kappa shape index (κ1) is 27.3. The van der Waals surface area contributed by atoms with Crippen molar-refractivity contribution in [1.82, 2.24) is 40.8 Å².